The van der Waals surface area contributed by atoms with Crippen molar-refractivity contribution in [2.24, 2.45) is 0 Å². The van der Waals surface area contributed by atoms with Crippen LogP contribution in [0.25, 0.3) is 16.3 Å². The van der Waals surface area contributed by atoms with Crippen molar-refractivity contribution in [3.05, 3.63) is 90.5 Å². The fourth-order valence-electron chi connectivity index (χ4n) is 2.35. The van der Waals surface area contributed by atoms with E-state index in [1.165, 1.54) is 21.9 Å². The van der Waals surface area contributed by atoms with Crippen molar-refractivity contribution in [2.75, 3.05) is 0 Å². The van der Waals surface area contributed by atoms with E-state index in [9.17, 15) is 0 Å². The van der Waals surface area contributed by atoms with Crippen molar-refractivity contribution in [3.63, 3.8) is 0 Å². The fraction of sp³-hybridized carbons (Fsp3) is 0.0526. The normalized spacial score (nSPS) is 10.5. The van der Waals surface area contributed by atoms with Gasteiger partial charge in [-0.1, -0.05) is 73.3 Å². The van der Waals surface area contributed by atoms with Crippen molar-refractivity contribution >= 4 is 16.3 Å². The third-order valence-corrected chi connectivity index (χ3v) is 3.42. The Kier molecular flexibility index (Phi) is 3.16. The molecule has 92 valence electrons. The quantitative estimate of drug-likeness (QED) is 0.601. The van der Waals surface area contributed by atoms with Gasteiger partial charge in [0, 0.05) is 0 Å². The van der Waals surface area contributed by atoms with E-state index >= 15 is 0 Å². The molecule has 19 heavy (non-hydrogen) atoms. The Labute approximate surface area is 114 Å². The van der Waals surface area contributed by atoms with Gasteiger partial charge in [0.1, 0.15) is 0 Å². The second-order valence-electron chi connectivity index (χ2n) is 4.83. The fourth-order valence-corrected chi connectivity index (χ4v) is 2.35. The minimum atomic E-state index is 0.902. The molecule has 0 aliphatic heterocycles. The van der Waals surface area contributed by atoms with E-state index in [1.807, 2.05) is 6.07 Å². The van der Waals surface area contributed by atoms with Crippen molar-refractivity contribution in [1.29, 1.82) is 0 Å². The predicted molar refractivity (Wildman–Crippen MR) is 83.1 cm³/mol. The molecule has 3 rings (SSSR count). The summed E-state index contributed by atoms with van der Waals surface area (Å²) in [6, 6.07) is 25.5. The zero-order chi connectivity index (χ0) is 13.1. The first-order chi connectivity index (χ1) is 9.33. The summed E-state index contributed by atoms with van der Waals surface area (Å²) in [5.74, 6) is 0. The Bertz CT molecular complexity index is 708. The molecule has 0 atom stereocenters. The number of allylic oxidation sites excluding steroid dienone is 1. The lowest BCUT2D eigenvalue weighted by Gasteiger charge is -2.07. The average Bonchev–Trinajstić information content (AvgIpc) is 2.48. The molecule has 0 aromatic heterocycles. The van der Waals surface area contributed by atoms with Crippen LogP contribution >= 0.6 is 0 Å². The molecule has 0 radical (unpaired) electrons. The Morgan fingerprint density at radius 1 is 0.737 bits per heavy atom. The third-order valence-electron chi connectivity index (χ3n) is 3.42. The maximum absolute atomic E-state index is 4.23. The van der Waals surface area contributed by atoms with Gasteiger partial charge in [-0.25, -0.2) is 0 Å². The van der Waals surface area contributed by atoms with Crippen LogP contribution in [0.15, 0.2) is 79.4 Å². The zero-order valence-electron chi connectivity index (χ0n) is 10.8. The van der Waals surface area contributed by atoms with Crippen molar-refractivity contribution in [1.82, 2.24) is 0 Å². The molecule has 0 N–H and O–H groups in total. The third kappa shape index (κ3) is 2.58. The van der Waals surface area contributed by atoms with E-state index in [1.54, 1.807) is 0 Å². The summed E-state index contributed by atoms with van der Waals surface area (Å²) in [7, 11) is 0. The van der Waals surface area contributed by atoms with Gasteiger partial charge < -0.3 is 0 Å². The van der Waals surface area contributed by atoms with Crippen LogP contribution in [-0.2, 0) is 6.42 Å². The van der Waals surface area contributed by atoms with Crippen LogP contribution in [0.3, 0.4) is 0 Å². The molecule has 0 amide bonds. The molecular weight excluding hydrogens is 228 g/mol. The standard InChI is InChI=1S/C19H16/c1-15(13-16-7-3-2-4-8-16)18-12-11-17-9-5-6-10-19(17)14-18/h2-12,14H,1,13H2. The highest BCUT2D eigenvalue weighted by molar-refractivity contribution is 5.86. The van der Waals surface area contributed by atoms with Gasteiger partial charge in [0.05, 0.1) is 0 Å². The SMILES string of the molecule is C=C(Cc1ccccc1)c1ccc2ccccc2c1. The van der Waals surface area contributed by atoms with Crippen LogP contribution in [0.1, 0.15) is 11.1 Å². The van der Waals surface area contributed by atoms with Gasteiger partial charge in [-0.3, -0.25) is 0 Å². The van der Waals surface area contributed by atoms with Crippen molar-refractivity contribution in [2.45, 2.75) is 6.42 Å². The first-order valence-electron chi connectivity index (χ1n) is 6.54. The summed E-state index contributed by atoms with van der Waals surface area (Å²) in [4.78, 5) is 0. The van der Waals surface area contributed by atoms with E-state index in [0.717, 1.165) is 12.0 Å². The molecule has 0 saturated heterocycles. The van der Waals surface area contributed by atoms with Gasteiger partial charge in [-0.15, -0.1) is 0 Å². The molecule has 0 fully saturated rings. The lowest BCUT2D eigenvalue weighted by atomic mass is 9.97. The number of hydrogen-bond donors (Lipinski definition) is 0. The van der Waals surface area contributed by atoms with Gasteiger partial charge in [-0.05, 0) is 40.0 Å². The van der Waals surface area contributed by atoms with E-state index in [0.29, 0.717) is 0 Å². The lowest BCUT2D eigenvalue weighted by Crippen LogP contribution is -1.89. The average molecular weight is 244 g/mol. The summed E-state index contributed by atoms with van der Waals surface area (Å²) in [5, 5.41) is 2.55. The number of fused-ring (bicyclic) bond motifs is 1. The van der Waals surface area contributed by atoms with Crippen LogP contribution in [0, 0.1) is 0 Å². The van der Waals surface area contributed by atoms with Crippen LogP contribution < -0.4 is 0 Å². The molecular formula is C19H16. The molecule has 0 aliphatic carbocycles. The maximum atomic E-state index is 4.23. The number of benzene rings is 3. The Morgan fingerprint density at radius 3 is 2.21 bits per heavy atom. The molecule has 0 unspecified atom stereocenters. The Morgan fingerprint density at radius 2 is 1.42 bits per heavy atom. The minimum Gasteiger partial charge on any atom is -0.0949 e. The second-order valence-corrected chi connectivity index (χ2v) is 4.83. The largest absolute Gasteiger partial charge is 0.0949 e. The van der Waals surface area contributed by atoms with Gasteiger partial charge in [0.2, 0.25) is 0 Å². The highest BCUT2D eigenvalue weighted by Gasteiger charge is 2.02. The summed E-state index contributed by atoms with van der Waals surface area (Å²) in [6.45, 7) is 4.23. The van der Waals surface area contributed by atoms with Crippen LogP contribution in [0.4, 0.5) is 0 Å². The number of rotatable bonds is 3. The van der Waals surface area contributed by atoms with Crippen LogP contribution in [0.5, 0.6) is 0 Å². The monoisotopic (exact) mass is 244 g/mol. The van der Waals surface area contributed by atoms with Gasteiger partial charge in [-0.2, -0.15) is 0 Å². The summed E-state index contributed by atoms with van der Waals surface area (Å²) >= 11 is 0. The summed E-state index contributed by atoms with van der Waals surface area (Å²) in [5.41, 5.74) is 3.69. The Hall–Kier alpha value is -2.34. The van der Waals surface area contributed by atoms with Gasteiger partial charge in [0.25, 0.3) is 0 Å². The van der Waals surface area contributed by atoms with Crippen LogP contribution in [-0.4, -0.2) is 0 Å². The minimum absolute atomic E-state index is 0.902. The van der Waals surface area contributed by atoms with E-state index < -0.39 is 0 Å². The molecule has 0 saturated carbocycles. The van der Waals surface area contributed by atoms with Gasteiger partial charge >= 0.3 is 0 Å². The molecule has 0 heteroatoms. The highest BCUT2D eigenvalue weighted by Crippen LogP contribution is 2.22. The lowest BCUT2D eigenvalue weighted by molar-refractivity contribution is 1.29. The maximum Gasteiger partial charge on any atom is -0.00257 e. The first kappa shape index (κ1) is 11.7. The zero-order valence-corrected chi connectivity index (χ0v) is 10.8. The van der Waals surface area contributed by atoms with E-state index in [4.69, 9.17) is 0 Å². The van der Waals surface area contributed by atoms with Crippen molar-refractivity contribution in [3.8, 4) is 0 Å². The number of hydrogen-bond acceptors (Lipinski definition) is 0. The molecule has 0 bridgehead atoms. The summed E-state index contributed by atoms with van der Waals surface area (Å²) < 4.78 is 0. The van der Waals surface area contributed by atoms with Gasteiger partial charge in [0.15, 0.2) is 0 Å². The summed E-state index contributed by atoms with van der Waals surface area (Å²) in [6.07, 6.45) is 0.902. The molecule has 3 aromatic carbocycles. The topological polar surface area (TPSA) is 0 Å². The second kappa shape index (κ2) is 5.11. The van der Waals surface area contributed by atoms with E-state index in [2.05, 4.69) is 73.3 Å². The van der Waals surface area contributed by atoms with E-state index in [-0.39, 0.29) is 0 Å². The van der Waals surface area contributed by atoms with Crippen LogP contribution in [0.2, 0.25) is 0 Å². The Balaban J connectivity index is 1.89. The first-order valence-corrected chi connectivity index (χ1v) is 6.54. The molecule has 0 spiro atoms. The molecule has 0 nitrogen and oxygen atoms in total. The predicted octanol–water partition coefficient (Wildman–Crippen LogP) is 5.10. The molecule has 0 aliphatic rings. The highest BCUT2D eigenvalue weighted by atomic mass is 14.1. The molecule has 0 heterocycles. The smallest absolute Gasteiger partial charge is 0.00257 e. The molecule has 3 aromatic rings. The van der Waals surface area contributed by atoms with Crippen molar-refractivity contribution < 1.29 is 0 Å².